The molecule has 1 N–H and O–H groups in total. The smallest absolute Gasteiger partial charge is 0.118 e. The van der Waals surface area contributed by atoms with Gasteiger partial charge in [0.25, 0.3) is 0 Å². The Hall–Kier alpha value is -0.800. The molecule has 0 spiro atoms. The molecule has 1 aromatic rings. The summed E-state index contributed by atoms with van der Waals surface area (Å²) in [6.07, 6.45) is 5.06. The molecule has 3 nitrogen and oxygen atoms in total. The predicted molar refractivity (Wildman–Crippen MR) is 83.8 cm³/mol. The van der Waals surface area contributed by atoms with Gasteiger partial charge >= 0.3 is 0 Å². The number of hydrogen-bond donors (Lipinski definition) is 1. The van der Waals surface area contributed by atoms with Crippen molar-refractivity contribution in [3.05, 3.63) is 23.2 Å². The van der Waals surface area contributed by atoms with Crippen molar-refractivity contribution in [1.82, 2.24) is 5.32 Å². The number of nitrogens with one attached hydrogen (secondary N) is 1. The molecular weight excluding hydrogens is 250 g/mol. The molecule has 1 atom stereocenters. The van der Waals surface area contributed by atoms with Crippen molar-refractivity contribution in [3.8, 4) is 0 Å². The number of unbranched alkanes of at least 4 members (excludes halogenated alkanes) is 1. The maximum Gasteiger partial charge on any atom is 0.118 e. The molecule has 0 aliphatic rings. The Labute approximate surface area is 124 Å². The Balaban J connectivity index is 2.35. The fraction of sp³-hybridized carbons (Fsp3) is 0.765. The van der Waals surface area contributed by atoms with Gasteiger partial charge in [0.2, 0.25) is 0 Å². The molecule has 0 bridgehead atoms. The van der Waals surface area contributed by atoms with Crippen LogP contribution in [0.5, 0.6) is 0 Å². The first kappa shape index (κ1) is 17.3. The van der Waals surface area contributed by atoms with Crippen molar-refractivity contribution in [2.45, 2.75) is 66.5 Å². The molecule has 1 rings (SSSR count). The zero-order valence-corrected chi connectivity index (χ0v) is 13.6. The SMILES string of the molecule is CCCCC(CC)COCc1cc(CNCC)oc1C. The normalized spacial score (nSPS) is 12.8. The zero-order valence-electron chi connectivity index (χ0n) is 13.6. The van der Waals surface area contributed by atoms with Crippen molar-refractivity contribution >= 4 is 0 Å². The molecule has 0 fully saturated rings. The molecule has 0 aromatic carbocycles. The minimum absolute atomic E-state index is 0.671. The lowest BCUT2D eigenvalue weighted by molar-refractivity contribution is 0.0812. The lowest BCUT2D eigenvalue weighted by Gasteiger charge is -2.14. The minimum Gasteiger partial charge on any atom is -0.465 e. The van der Waals surface area contributed by atoms with Crippen LogP contribution in [-0.4, -0.2) is 13.2 Å². The van der Waals surface area contributed by atoms with E-state index in [1.165, 1.54) is 31.2 Å². The number of hydrogen-bond acceptors (Lipinski definition) is 3. The van der Waals surface area contributed by atoms with Gasteiger partial charge in [-0.3, -0.25) is 0 Å². The third-order valence-electron chi connectivity index (χ3n) is 3.78. The summed E-state index contributed by atoms with van der Waals surface area (Å²) in [4.78, 5) is 0. The molecule has 3 heteroatoms. The molecule has 0 aliphatic heterocycles. The van der Waals surface area contributed by atoms with Gasteiger partial charge in [-0.05, 0) is 31.9 Å². The predicted octanol–water partition coefficient (Wildman–Crippen LogP) is 4.43. The summed E-state index contributed by atoms with van der Waals surface area (Å²) in [6, 6.07) is 2.12. The maximum atomic E-state index is 5.89. The average molecular weight is 281 g/mol. The van der Waals surface area contributed by atoms with Crippen molar-refractivity contribution in [2.24, 2.45) is 5.92 Å². The van der Waals surface area contributed by atoms with Gasteiger partial charge in [0.05, 0.1) is 13.2 Å². The van der Waals surface area contributed by atoms with Crippen LogP contribution in [-0.2, 0) is 17.9 Å². The van der Waals surface area contributed by atoms with Crippen LogP contribution in [0.1, 0.15) is 63.5 Å². The topological polar surface area (TPSA) is 34.4 Å². The van der Waals surface area contributed by atoms with E-state index in [4.69, 9.17) is 9.15 Å². The van der Waals surface area contributed by atoms with E-state index in [-0.39, 0.29) is 0 Å². The van der Waals surface area contributed by atoms with Crippen LogP contribution >= 0.6 is 0 Å². The Morgan fingerprint density at radius 1 is 1.30 bits per heavy atom. The summed E-state index contributed by atoms with van der Waals surface area (Å²) < 4.78 is 11.6. The summed E-state index contributed by atoms with van der Waals surface area (Å²) in [6.45, 7) is 11.9. The largest absolute Gasteiger partial charge is 0.465 e. The van der Waals surface area contributed by atoms with Crippen molar-refractivity contribution < 1.29 is 9.15 Å². The molecule has 0 saturated carbocycles. The second-order valence-electron chi connectivity index (χ2n) is 5.51. The van der Waals surface area contributed by atoms with Crippen LogP contribution < -0.4 is 5.32 Å². The molecule has 0 amide bonds. The monoisotopic (exact) mass is 281 g/mol. The maximum absolute atomic E-state index is 5.89. The second kappa shape index (κ2) is 10.0. The Morgan fingerprint density at radius 2 is 2.10 bits per heavy atom. The second-order valence-corrected chi connectivity index (χ2v) is 5.51. The first-order valence-electron chi connectivity index (χ1n) is 8.07. The van der Waals surface area contributed by atoms with Gasteiger partial charge < -0.3 is 14.5 Å². The van der Waals surface area contributed by atoms with Gasteiger partial charge in [-0.2, -0.15) is 0 Å². The third-order valence-corrected chi connectivity index (χ3v) is 3.78. The molecule has 0 aliphatic carbocycles. The van der Waals surface area contributed by atoms with Crippen molar-refractivity contribution in [1.29, 1.82) is 0 Å². The molecule has 1 heterocycles. The van der Waals surface area contributed by atoms with Gasteiger partial charge in [0.1, 0.15) is 11.5 Å². The van der Waals surface area contributed by atoms with Crippen molar-refractivity contribution in [3.63, 3.8) is 0 Å². The first-order chi connectivity index (χ1) is 9.71. The highest BCUT2D eigenvalue weighted by molar-refractivity contribution is 5.19. The highest BCUT2D eigenvalue weighted by atomic mass is 16.5. The number of aryl methyl sites for hydroxylation is 1. The van der Waals surface area contributed by atoms with Crippen LogP contribution in [0.15, 0.2) is 10.5 Å². The van der Waals surface area contributed by atoms with Crippen LogP contribution in [0.2, 0.25) is 0 Å². The Morgan fingerprint density at radius 3 is 2.75 bits per heavy atom. The molecule has 116 valence electrons. The lowest BCUT2D eigenvalue weighted by atomic mass is 10.0. The van der Waals surface area contributed by atoms with Crippen LogP contribution in [0.4, 0.5) is 0 Å². The van der Waals surface area contributed by atoms with Crippen LogP contribution in [0.25, 0.3) is 0 Å². The van der Waals surface area contributed by atoms with Crippen molar-refractivity contribution in [2.75, 3.05) is 13.2 Å². The zero-order chi connectivity index (χ0) is 14.8. The summed E-state index contributed by atoms with van der Waals surface area (Å²) in [5, 5.41) is 3.28. The Bertz CT molecular complexity index is 360. The number of furan rings is 1. The summed E-state index contributed by atoms with van der Waals surface area (Å²) in [5.74, 6) is 2.68. The number of ether oxygens (including phenoxy) is 1. The summed E-state index contributed by atoms with van der Waals surface area (Å²) >= 11 is 0. The van der Waals surface area contributed by atoms with E-state index in [9.17, 15) is 0 Å². The molecule has 20 heavy (non-hydrogen) atoms. The highest BCUT2D eigenvalue weighted by Gasteiger charge is 2.10. The van der Waals surface area contributed by atoms with Crippen LogP contribution in [0, 0.1) is 12.8 Å². The lowest BCUT2D eigenvalue weighted by Crippen LogP contribution is -2.10. The molecule has 0 saturated heterocycles. The van der Waals surface area contributed by atoms with E-state index >= 15 is 0 Å². The van der Waals surface area contributed by atoms with E-state index < -0.39 is 0 Å². The fourth-order valence-corrected chi connectivity index (χ4v) is 2.30. The third kappa shape index (κ3) is 6.10. The average Bonchev–Trinajstić information content (AvgIpc) is 2.80. The van der Waals surface area contributed by atoms with Gasteiger partial charge in [-0.1, -0.05) is 40.0 Å². The van der Waals surface area contributed by atoms with Crippen LogP contribution in [0.3, 0.4) is 0 Å². The highest BCUT2D eigenvalue weighted by Crippen LogP contribution is 2.18. The molecular formula is C17H31NO2. The summed E-state index contributed by atoms with van der Waals surface area (Å²) in [7, 11) is 0. The quantitative estimate of drug-likeness (QED) is 0.651. The summed E-state index contributed by atoms with van der Waals surface area (Å²) in [5.41, 5.74) is 1.18. The van der Waals surface area contributed by atoms with E-state index in [0.29, 0.717) is 12.5 Å². The first-order valence-corrected chi connectivity index (χ1v) is 8.07. The standard InChI is InChI=1S/C17H31NO2/c1-5-8-9-15(6-2)12-19-13-16-10-17(11-18-7-3)20-14(16)4/h10,15,18H,5-9,11-13H2,1-4H3. The Kier molecular flexibility index (Phi) is 8.63. The van der Waals surface area contributed by atoms with E-state index in [1.54, 1.807) is 0 Å². The molecule has 1 aromatic heterocycles. The van der Waals surface area contributed by atoms with Gasteiger partial charge in [-0.25, -0.2) is 0 Å². The molecule has 0 radical (unpaired) electrons. The fourth-order valence-electron chi connectivity index (χ4n) is 2.30. The minimum atomic E-state index is 0.671. The van der Waals surface area contributed by atoms with E-state index in [2.05, 4.69) is 32.2 Å². The van der Waals surface area contributed by atoms with E-state index in [1.807, 2.05) is 6.92 Å². The number of rotatable bonds is 11. The van der Waals surface area contributed by atoms with Gasteiger partial charge in [0.15, 0.2) is 0 Å². The van der Waals surface area contributed by atoms with E-state index in [0.717, 1.165) is 31.2 Å². The van der Waals surface area contributed by atoms with Gasteiger partial charge in [0, 0.05) is 12.2 Å². The molecule has 1 unspecified atom stereocenters. The van der Waals surface area contributed by atoms with Gasteiger partial charge in [-0.15, -0.1) is 0 Å².